The minimum atomic E-state index is -0.644. The lowest BCUT2D eigenvalue weighted by atomic mass is 10.5. The zero-order chi connectivity index (χ0) is 8.27. The second kappa shape index (κ2) is 2.78. The van der Waals surface area contributed by atoms with Crippen LogP contribution in [-0.4, -0.2) is 21.5 Å². The van der Waals surface area contributed by atoms with E-state index in [1.165, 1.54) is 0 Å². The lowest BCUT2D eigenvalue weighted by molar-refractivity contribution is -0.383. The second-order valence-corrected chi connectivity index (χ2v) is 1.65. The molecule has 1 heterocycles. The summed E-state index contributed by atoms with van der Waals surface area (Å²) in [7, 11) is 0. The van der Waals surface area contributed by atoms with E-state index in [9.17, 15) is 14.9 Å². The van der Waals surface area contributed by atoms with Gasteiger partial charge in [0.25, 0.3) is 0 Å². The van der Waals surface area contributed by atoms with E-state index in [0.29, 0.717) is 6.41 Å². The number of carbonyl (C=O) groups is 1. The van der Waals surface area contributed by atoms with Crippen molar-refractivity contribution < 1.29 is 9.72 Å². The molecule has 0 spiro atoms. The first-order valence-corrected chi connectivity index (χ1v) is 2.63. The Morgan fingerprint density at radius 2 is 2.55 bits per heavy atom. The van der Waals surface area contributed by atoms with Crippen LogP contribution in [0.15, 0.2) is 6.20 Å². The average molecular weight is 156 g/mol. The Balaban J connectivity index is 2.95. The van der Waals surface area contributed by atoms with Crippen molar-refractivity contribution in [3.63, 3.8) is 0 Å². The number of anilines is 1. The fourth-order valence-electron chi connectivity index (χ4n) is 0.583. The van der Waals surface area contributed by atoms with Gasteiger partial charge in [0.1, 0.15) is 6.20 Å². The molecule has 7 nitrogen and oxygen atoms in total. The van der Waals surface area contributed by atoms with Gasteiger partial charge in [0, 0.05) is 0 Å². The normalized spacial score (nSPS) is 9.09. The van der Waals surface area contributed by atoms with Crippen molar-refractivity contribution in [3.8, 4) is 0 Å². The molecule has 0 aliphatic heterocycles. The largest absolute Gasteiger partial charge is 0.331 e. The fraction of sp³-hybridized carbons (Fsp3) is 0. The predicted molar refractivity (Wildman–Crippen MR) is 34.9 cm³/mol. The van der Waals surface area contributed by atoms with Gasteiger partial charge in [0.2, 0.25) is 12.2 Å². The van der Waals surface area contributed by atoms with Crippen LogP contribution < -0.4 is 5.32 Å². The van der Waals surface area contributed by atoms with Crippen LogP contribution in [0.5, 0.6) is 0 Å². The van der Waals surface area contributed by atoms with E-state index in [4.69, 9.17) is 0 Å². The van der Waals surface area contributed by atoms with Crippen molar-refractivity contribution in [2.45, 2.75) is 0 Å². The highest BCUT2D eigenvalue weighted by Crippen LogP contribution is 2.18. The molecule has 0 aromatic carbocycles. The van der Waals surface area contributed by atoms with E-state index in [-0.39, 0.29) is 11.5 Å². The maximum atomic E-state index is 10.1. The highest BCUT2D eigenvalue weighted by Gasteiger charge is 2.14. The highest BCUT2D eigenvalue weighted by atomic mass is 16.6. The first-order valence-electron chi connectivity index (χ1n) is 2.63. The predicted octanol–water partition coefficient (Wildman–Crippen LogP) is -0.114. The smallest absolute Gasteiger partial charge is 0.308 e. The van der Waals surface area contributed by atoms with Crippen molar-refractivity contribution in [2.24, 2.45) is 0 Å². The third kappa shape index (κ3) is 1.31. The highest BCUT2D eigenvalue weighted by molar-refractivity contribution is 5.73. The maximum absolute atomic E-state index is 10.1. The molecular weight excluding hydrogens is 152 g/mol. The summed E-state index contributed by atoms with van der Waals surface area (Å²) in [4.78, 5) is 19.4. The number of nitro groups is 1. The minimum absolute atomic E-state index is 0.00926. The summed E-state index contributed by atoms with van der Waals surface area (Å²) in [6.45, 7) is 0. The number of H-pyrrole nitrogens is 1. The maximum Gasteiger partial charge on any atom is 0.331 e. The van der Waals surface area contributed by atoms with E-state index in [2.05, 4.69) is 15.5 Å². The molecule has 0 saturated carbocycles. The van der Waals surface area contributed by atoms with Crippen LogP contribution in [0.1, 0.15) is 0 Å². The van der Waals surface area contributed by atoms with Gasteiger partial charge < -0.3 is 5.32 Å². The lowest BCUT2D eigenvalue weighted by Gasteiger charge is -1.89. The summed E-state index contributed by atoms with van der Waals surface area (Å²) in [5.41, 5.74) is -0.253. The summed E-state index contributed by atoms with van der Waals surface area (Å²) in [5, 5.41) is 17.9. The van der Waals surface area contributed by atoms with E-state index in [1.807, 2.05) is 0 Å². The quantitative estimate of drug-likeness (QED) is 0.362. The van der Waals surface area contributed by atoms with E-state index < -0.39 is 4.92 Å². The van der Waals surface area contributed by atoms with Gasteiger partial charge in [-0.2, -0.15) is 5.10 Å². The Labute approximate surface area is 60.6 Å². The van der Waals surface area contributed by atoms with Crippen molar-refractivity contribution >= 4 is 17.9 Å². The zero-order valence-corrected chi connectivity index (χ0v) is 5.27. The Bertz CT molecular complexity index is 281. The van der Waals surface area contributed by atoms with Gasteiger partial charge in [0.15, 0.2) is 0 Å². The molecule has 0 fully saturated rings. The molecule has 7 heteroatoms. The molecule has 1 amide bonds. The summed E-state index contributed by atoms with van der Waals surface area (Å²) in [5.74, 6) is -0.00926. The monoisotopic (exact) mass is 156 g/mol. The van der Waals surface area contributed by atoms with E-state index >= 15 is 0 Å². The Morgan fingerprint density at radius 1 is 1.82 bits per heavy atom. The van der Waals surface area contributed by atoms with Crippen LogP contribution in [0.25, 0.3) is 0 Å². The zero-order valence-electron chi connectivity index (χ0n) is 5.27. The van der Waals surface area contributed by atoms with Gasteiger partial charge in [-0.15, -0.1) is 0 Å². The molecule has 0 aliphatic rings. The fourth-order valence-corrected chi connectivity index (χ4v) is 0.583. The van der Waals surface area contributed by atoms with Crippen LogP contribution in [0, 0.1) is 10.1 Å². The minimum Gasteiger partial charge on any atom is -0.308 e. The first-order chi connectivity index (χ1) is 5.25. The molecule has 0 saturated heterocycles. The van der Waals surface area contributed by atoms with Gasteiger partial charge >= 0.3 is 5.69 Å². The molecule has 2 N–H and O–H groups in total. The molecule has 0 aliphatic carbocycles. The number of aromatic amines is 1. The number of hydrogen-bond acceptors (Lipinski definition) is 4. The molecule has 11 heavy (non-hydrogen) atoms. The molecule has 0 unspecified atom stereocenters. The standard InChI is InChI=1S/C4H4N4O3/c9-2-5-4-3(8(10)11)1-6-7-4/h1-2H,(H2,5,6,7,9). The van der Waals surface area contributed by atoms with Crippen molar-refractivity contribution in [3.05, 3.63) is 16.3 Å². The Hall–Kier alpha value is -1.92. The van der Waals surface area contributed by atoms with Crippen molar-refractivity contribution in [2.75, 3.05) is 5.32 Å². The summed E-state index contributed by atoms with van der Waals surface area (Å²) in [6, 6.07) is 0. The van der Waals surface area contributed by atoms with Crippen molar-refractivity contribution in [1.82, 2.24) is 10.2 Å². The van der Waals surface area contributed by atoms with Crippen LogP contribution in [0.3, 0.4) is 0 Å². The second-order valence-electron chi connectivity index (χ2n) is 1.65. The topological polar surface area (TPSA) is 101 Å². The molecular formula is C4H4N4O3. The van der Waals surface area contributed by atoms with Crippen LogP contribution in [0.4, 0.5) is 11.5 Å². The van der Waals surface area contributed by atoms with Gasteiger partial charge in [-0.1, -0.05) is 0 Å². The molecule has 1 aromatic heterocycles. The van der Waals surface area contributed by atoms with Crippen molar-refractivity contribution in [1.29, 1.82) is 0 Å². The summed E-state index contributed by atoms with van der Waals surface area (Å²) in [6.07, 6.45) is 1.35. The molecule has 0 bridgehead atoms. The number of amides is 1. The van der Waals surface area contributed by atoms with Crippen LogP contribution in [-0.2, 0) is 4.79 Å². The Kier molecular flexibility index (Phi) is 1.81. The molecule has 0 radical (unpaired) electrons. The van der Waals surface area contributed by atoms with Gasteiger partial charge in [-0.05, 0) is 0 Å². The third-order valence-electron chi connectivity index (χ3n) is 1.02. The van der Waals surface area contributed by atoms with Gasteiger partial charge in [-0.25, -0.2) is 0 Å². The van der Waals surface area contributed by atoms with Crippen LogP contribution in [0.2, 0.25) is 0 Å². The number of hydrogen-bond donors (Lipinski definition) is 2. The molecule has 0 atom stereocenters. The average Bonchev–Trinajstić information content (AvgIpc) is 2.36. The number of aromatic nitrogens is 2. The lowest BCUT2D eigenvalue weighted by Crippen LogP contribution is -1.97. The van der Waals surface area contributed by atoms with Crippen LogP contribution >= 0.6 is 0 Å². The van der Waals surface area contributed by atoms with Gasteiger partial charge in [0.05, 0.1) is 4.92 Å². The molecule has 1 aromatic rings. The Morgan fingerprint density at radius 3 is 3.09 bits per heavy atom. The summed E-state index contributed by atoms with van der Waals surface area (Å²) >= 11 is 0. The molecule has 58 valence electrons. The summed E-state index contributed by atoms with van der Waals surface area (Å²) < 4.78 is 0. The van der Waals surface area contributed by atoms with E-state index in [1.54, 1.807) is 0 Å². The SMILES string of the molecule is O=CNc1[nH]ncc1[N+](=O)[O-]. The number of rotatable bonds is 3. The van der Waals surface area contributed by atoms with E-state index in [0.717, 1.165) is 6.20 Å². The third-order valence-corrected chi connectivity index (χ3v) is 1.02. The first kappa shape index (κ1) is 7.19. The number of nitrogens with one attached hydrogen (secondary N) is 2. The van der Waals surface area contributed by atoms with Gasteiger partial charge in [-0.3, -0.25) is 20.0 Å². The number of nitrogens with zero attached hydrogens (tertiary/aromatic N) is 2. The molecule has 1 rings (SSSR count). The number of carbonyl (C=O) groups excluding carboxylic acids is 1.